The molecule has 1 aromatic heterocycles. The standard InChI is InChI=1S/C19H17ClN4O2/c1-13-21-16-4-2-3-5-17(16)24(13)12-19(26)23-22-18(25)11-8-14-6-9-15(20)10-7-14/h2-11H,12H2,1H3,(H,22,25)(H,23,26)/b11-8+. The van der Waals surface area contributed by atoms with Crippen molar-refractivity contribution in [1.29, 1.82) is 0 Å². The number of aryl methyl sites for hydroxylation is 1. The number of hydrogen-bond acceptors (Lipinski definition) is 3. The first-order valence-electron chi connectivity index (χ1n) is 7.97. The lowest BCUT2D eigenvalue weighted by Gasteiger charge is -2.08. The molecule has 1 heterocycles. The molecule has 0 saturated heterocycles. The third-order valence-corrected chi connectivity index (χ3v) is 4.02. The summed E-state index contributed by atoms with van der Waals surface area (Å²) in [5, 5.41) is 0.626. The Morgan fingerprint density at radius 3 is 2.62 bits per heavy atom. The molecule has 0 spiro atoms. The van der Waals surface area contributed by atoms with Crippen molar-refractivity contribution in [3.05, 3.63) is 71.0 Å². The molecular formula is C19H17ClN4O2. The molecule has 2 amide bonds. The zero-order valence-electron chi connectivity index (χ0n) is 14.1. The quantitative estimate of drug-likeness (QED) is 0.549. The van der Waals surface area contributed by atoms with Crippen LogP contribution in [0, 0.1) is 6.92 Å². The van der Waals surface area contributed by atoms with E-state index in [1.165, 1.54) is 6.08 Å². The van der Waals surface area contributed by atoms with Gasteiger partial charge in [0.05, 0.1) is 11.0 Å². The summed E-state index contributed by atoms with van der Waals surface area (Å²) in [6, 6.07) is 14.6. The molecule has 0 atom stereocenters. The summed E-state index contributed by atoms with van der Waals surface area (Å²) in [5.41, 5.74) is 7.28. The molecule has 0 aliphatic heterocycles. The minimum absolute atomic E-state index is 0.0630. The van der Waals surface area contributed by atoms with Crippen LogP contribution in [0.25, 0.3) is 17.1 Å². The highest BCUT2D eigenvalue weighted by Gasteiger charge is 2.10. The van der Waals surface area contributed by atoms with E-state index < -0.39 is 5.91 Å². The fourth-order valence-corrected chi connectivity index (χ4v) is 2.62. The summed E-state index contributed by atoms with van der Waals surface area (Å²) < 4.78 is 1.79. The Hall–Kier alpha value is -3.12. The Labute approximate surface area is 155 Å². The number of amides is 2. The Bertz CT molecular complexity index is 977. The first kappa shape index (κ1) is 17.7. The van der Waals surface area contributed by atoms with Gasteiger partial charge in [-0.05, 0) is 42.8 Å². The van der Waals surface area contributed by atoms with Gasteiger partial charge in [-0.15, -0.1) is 0 Å². The minimum Gasteiger partial charge on any atom is -0.319 e. The fraction of sp³-hybridized carbons (Fsp3) is 0.105. The van der Waals surface area contributed by atoms with Crippen molar-refractivity contribution >= 4 is 40.5 Å². The molecule has 2 N–H and O–H groups in total. The number of para-hydroxylation sites is 2. The monoisotopic (exact) mass is 368 g/mol. The first-order chi connectivity index (χ1) is 12.5. The number of hydrogen-bond donors (Lipinski definition) is 2. The predicted molar refractivity (Wildman–Crippen MR) is 101 cm³/mol. The van der Waals surface area contributed by atoms with Gasteiger partial charge in [0.15, 0.2) is 0 Å². The highest BCUT2D eigenvalue weighted by atomic mass is 35.5. The van der Waals surface area contributed by atoms with Crippen LogP contribution in [0.1, 0.15) is 11.4 Å². The summed E-state index contributed by atoms with van der Waals surface area (Å²) in [5.74, 6) is -0.0414. The Balaban J connectivity index is 1.56. The van der Waals surface area contributed by atoms with Crippen LogP contribution in [0.2, 0.25) is 5.02 Å². The van der Waals surface area contributed by atoms with Gasteiger partial charge in [-0.1, -0.05) is 35.9 Å². The summed E-state index contributed by atoms with van der Waals surface area (Å²) in [6.45, 7) is 1.90. The van der Waals surface area contributed by atoms with Crippen LogP contribution in [0.15, 0.2) is 54.6 Å². The Morgan fingerprint density at radius 2 is 1.85 bits per heavy atom. The van der Waals surface area contributed by atoms with Crippen molar-refractivity contribution in [2.75, 3.05) is 0 Å². The van der Waals surface area contributed by atoms with Gasteiger partial charge in [0.2, 0.25) is 0 Å². The van der Waals surface area contributed by atoms with Gasteiger partial charge >= 0.3 is 0 Å². The van der Waals surface area contributed by atoms with E-state index in [2.05, 4.69) is 15.8 Å². The zero-order valence-corrected chi connectivity index (χ0v) is 14.8. The van der Waals surface area contributed by atoms with Crippen molar-refractivity contribution < 1.29 is 9.59 Å². The average molecular weight is 369 g/mol. The van der Waals surface area contributed by atoms with Crippen LogP contribution in [0.4, 0.5) is 0 Å². The number of nitrogens with zero attached hydrogens (tertiary/aromatic N) is 2. The number of carbonyl (C=O) groups is 2. The molecule has 3 rings (SSSR count). The number of carbonyl (C=O) groups excluding carboxylic acids is 2. The molecule has 132 valence electrons. The van der Waals surface area contributed by atoms with Crippen molar-refractivity contribution in [2.45, 2.75) is 13.5 Å². The lowest BCUT2D eigenvalue weighted by atomic mass is 10.2. The highest BCUT2D eigenvalue weighted by Crippen LogP contribution is 2.15. The second-order valence-corrected chi connectivity index (χ2v) is 6.09. The van der Waals surface area contributed by atoms with E-state index in [1.807, 2.05) is 31.2 Å². The zero-order chi connectivity index (χ0) is 18.5. The van der Waals surface area contributed by atoms with E-state index in [4.69, 9.17) is 11.6 Å². The molecule has 7 heteroatoms. The third-order valence-electron chi connectivity index (χ3n) is 3.77. The molecule has 0 aliphatic rings. The van der Waals surface area contributed by atoms with Crippen LogP contribution in [0.3, 0.4) is 0 Å². The molecule has 26 heavy (non-hydrogen) atoms. The maximum Gasteiger partial charge on any atom is 0.262 e. The Kier molecular flexibility index (Phi) is 5.34. The number of aromatic nitrogens is 2. The molecule has 0 aliphatic carbocycles. The second kappa shape index (κ2) is 7.84. The molecule has 0 saturated carbocycles. The molecule has 0 bridgehead atoms. The number of nitrogens with one attached hydrogen (secondary N) is 2. The smallest absolute Gasteiger partial charge is 0.262 e. The van der Waals surface area contributed by atoms with E-state index in [9.17, 15) is 9.59 Å². The minimum atomic E-state index is -0.430. The van der Waals surface area contributed by atoms with Gasteiger partial charge in [0.1, 0.15) is 12.4 Å². The highest BCUT2D eigenvalue weighted by molar-refractivity contribution is 6.30. The lowest BCUT2D eigenvalue weighted by Crippen LogP contribution is -2.42. The van der Waals surface area contributed by atoms with Crippen LogP contribution < -0.4 is 10.9 Å². The van der Waals surface area contributed by atoms with Crippen molar-refractivity contribution in [3.63, 3.8) is 0 Å². The number of benzene rings is 2. The van der Waals surface area contributed by atoms with Crippen LogP contribution in [-0.2, 0) is 16.1 Å². The first-order valence-corrected chi connectivity index (χ1v) is 8.35. The largest absolute Gasteiger partial charge is 0.319 e. The topological polar surface area (TPSA) is 76.0 Å². The van der Waals surface area contributed by atoms with Gasteiger partial charge in [0.25, 0.3) is 11.8 Å². The van der Waals surface area contributed by atoms with Gasteiger partial charge in [0, 0.05) is 11.1 Å². The van der Waals surface area contributed by atoms with E-state index >= 15 is 0 Å². The molecule has 0 fully saturated rings. The maximum absolute atomic E-state index is 12.1. The van der Waals surface area contributed by atoms with Crippen LogP contribution in [-0.4, -0.2) is 21.4 Å². The number of halogens is 1. The normalized spacial score (nSPS) is 11.0. The molecular weight excluding hydrogens is 352 g/mol. The van der Waals surface area contributed by atoms with Gasteiger partial charge in [-0.2, -0.15) is 0 Å². The predicted octanol–water partition coefficient (Wildman–Crippen LogP) is 2.86. The summed E-state index contributed by atoms with van der Waals surface area (Å²) in [6.07, 6.45) is 2.97. The van der Waals surface area contributed by atoms with Crippen LogP contribution >= 0.6 is 11.6 Å². The number of rotatable bonds is 4. The summed E-state index contributed by atoms with van der Waals surface area (Å²) >= 11 is 5.81. The molecule has 0 unspecified atom stereocenters. The van der Waals surface area contributed by atoms with Crippen molar-refractivity contribution in [2.24, 2.45) is 0 Å². The molecule has 6 nitrogen and oxygen atoms in total. The molecule has 3 aromatic rings. The Morgan fingerprint density at radius 1 is 1.12 bits per heavy atom. The van der Waals surface area contributed by atoms with Gasteiger partial charge < -0.3 is 4.57 Å². The van der Waals surface area contributed by atoms with Gasteiger partial charge in [-0.3, -0.25) is 20.4 Å². The van der Waals surface area contributed by atoms with E-state index in [0.29, 0.717) is 5.02 Å². The number of hydrazine groups is 1. The fourth-order valence-electron chi connectivity index (χ4n) is 2.50. The maximum atomic E-state index is 12.1. The summed E-state index contributed by atoms with van der Waals surface area (Å²) in [7, 11) is 0. The van der Waals surface area contributed by atoms with Crippen molar-refractivity contribution in [1.82, 2.24) is 20.4 Å². The van der Waals surface area contributed by atoms with E-state index in [1.54, 1.807) is 34.9 Å². The molecule has 2 aromatic carbocycles. The SMILES string of the molecule is Cc1nc2ccccc2n1CC(=O)NNC(=O)/C=C/c1ccc(Cl)cc1. The van der Waals surface area contributed by atoms with Crippen LogP contribution in [0.5, 0.6) is 0 Å². The summed E-state index contributed by atoms with van der Waals surface area (Å²) in [4.78, 5) is 28.3. The second-order valence-electron chi connectivity index (χ2n) is 5.66. The third kappa shape index (κ3) is 4.29. The number of imidazole rings is 1. The lowest BCUT2D eigenvalue weighted by molar-refractivity contribution is -0.127. The van der Waals surface area contributed by atoms with E-state index in [-0.39, 0.29) is 12.5 Å². The molecule has 0 radical (unpaired) electrons. The van der Waals surface area contributed by atoms with E-state index in [0.717, 1.165) is 22.4 Å². The van der Waals surface area contributed by atoms with Gasteiger partial charge in [-0.25, -0.2) is 4.98 Å². The average Bonchev–Trinajstić information content (AvgIpc) is 2.95. The van der Waals surface area contributed by atoms with Crippen molar-refractivity contribution in [3.8, 4) is 0 Å². The number of fused-ring (bicyclic) bond motifs is 1.